The summed E-state index contributed by atoms with van der Waals surface area (Å²) in [6, 6.07) is 28.4. The Morgan fingerprint density at radius 1 is 0.774 bits per heavy atom. The largest absolute Gasteiger partial charge is 0.465 e. The zero-order valence-electron chi connectivity index (χ0n) is 18.1. The van der Waals surface area contributed by atoms with E-state index in [4.69, 9.17) is 4.74 Å². The average Bonchev–Trinajstić information content (AvgIpc) is 2.80. The molecule has 160 valence electrons. The van der Waals surface area contributed by atoms with Gasteiger partial charge in [-0.25, -0.2) is 0 Å². The summed E-state index contributed by atoms with van der Waals surface area (Å²) in [4.78, 5) is 28.4. The Balaban J connectivity index is 1.96. The predicted molar refractivity (Wildman–Crippen MR) is 122 cm³/mol. The van der Waals surface area contributed by atoms with E-state index >= 15 is 0 Å². The monoisotopic (exact) mass is 415 g/mol. The molecule has 0 amide bonds. The van der Waals surface area contributed by atoms with Gasteiger partial charge in [0.05, 0.1) is 6.61 Å². The molecule has 0 saturated heterocycles. The molecule has 0 aliphatic carbocycles. The molecule has 0 aromatic heterocycles. The van der Waals surface area contributed by atoms with Crippen molar-refractivity contribution in [2.45, 2.75) is 33.0 Å². The summed E-state index contributed by atoms with van der Waals surface area (Å²) in [7, 11) is 0. The molecule has 3 aromatic rings. The molecule has 0 heterocycles. The fourth-order valence-electron chi connectivity index (χ4n) is 3.79. The third-order valence-electron chi connectivity index (χ3n) is 5.32. The van der Waals surface area contributed by atoms with Gasteiger partial charge in [-0.05, 0) is 18.1 Å². The van der Waals surface area contributed by atoms with Crippen LogP contribution < -0.4 is 0 Å². The maximum Gasteiger partial charge on any atom is 0.324 e. The van der Waals surface area contributed by atoms with E-state index in [9.17, 15) is 9.59 Å². The third-order valence-corrected chi connectivity index (χ3v) is 5.32. The van der Waals surface area contributed by atoms with E-state index in [1.807, 2.05) is 90.7 Å². The van der Waals surface area contributed by atoms with Crippen molar-refractivity contribution in [1.82, 2.24) is 4.90 Å². The first-order valence-electron chi connectivity index (χ1n) is 10.7. The molecule has 31 heavy (non-hydrogen) atoms. The number of rotatable bonds is 10. The van der Waals surface area contributed by atoms with Crippen molar-refractivity contribution >= 4 is 11.8 Å². The first-order chi connectivity index (χ1) is 15.1. The fraction of sp³-hybridized carbons (Fsp3) is 0.259. The van der Waals surface area contributed by atoms with Gasteiger partial charge in [0.25, 0.3) is 0 Å². The standard InChI is InChI=1S/C27H29NO3/c1-3-31-27(30)25(21(2)26(29)24-17-11-6-12-18-24)28(19-22-13-7-4-8-14-22)20-23-15-9-5-10-16-23/h4-18,21,25H,3,19-20H2,1-2H3/t21-,25-/m0/s1. The number of Topliss-reactive ketones (excluding diaryl/α,β-unsaturated/α-hetero) is 1. The van der Waals surface area contributed by atoms with E-state index < -0.39 is 12.0 Å². The normalized spacial score (nSPS) is 12.9. The zero-order chi connectivity index (χ0) is 22.1. The first-order valence-corrected chi connectivity index (χ1v) is 10.7. The van der Waals surface area contributed by atoms with Crippen LogP contribution in [0.1, 0.15) is 35.3 Å². The minimum Gasteiger partial charge on any atom is -0.465 e. The SMILES string of the molecule is CCOC(=O)[C@H]([C@H](C)C(=O)c1ccccc1)N(Cc1ccccc1)Cc1ccccc1. The van der Waals surface area contributed by atoms with Crippen LogP contribution in [0.25, 0.3) is 0 Å². The Morgan fingerprint density at radius 3 is 1.68 bits per heavy atom. The van der Waals surface area contributed by atoms with Gasteiger partial charge in [0, 0.05) is 24.6 Å². The van der Waals surface area contributed by atoms with Crippen LogP contribution in [0.3, 0.4) is 0 Å². The molecule has 0 aliphatic rings. The van der Waals surface area contributed by atoms with Crippen LogP contribution in [-0.2, 0) is 22.6 Å². The lowest BCUT2D eigenvalue weighted by atomic mass is 9.90. The molecule has 0 N–H and O–H groups in total. The number of carbonyl (C=O) groups is 2. The van der Waals surface area contributed by atoms with Crippen molar-refractivity contribution in [2.75, 3.05) is 6.61 Å². The second-order valence-electron chi connectivity index (χ2n) is 7.59. The molecule has 3 rings (SSSR count). The number of esters is 1. The molecule has 0 saturated carbocycles. The highest BCUT2D eigenvalue weighted by Crippen LogP contribution is 2.23. The lowest BCUT2D eigenvalue weighted by Gasteiger charge is -2.33. The van der Waals surface area contributed by atoms with E-state index in [1.54, 1.807) is 19.1 Å². The quantitative estimate of drug-likeness (QED) is 0.340. The van der Waals surface area contributed by atoms with E-state index in [1.165, 1.54) is 0 Å². The number of benzene rings is 3. The summed E-state index contributed by atoms with van der Waals surface area (Å²) in [6.45, 7) is 4.95. The molecule has 4 heteroatoms. The Labute approximate surface area is 184 Å². The molecule has 0 fully saturated rings. The highest BCUT2D eigenvalue weighted by Gasteiger charge is 2.36. The van der Waals surface area contributed by atoms with Gasteiger partial charge in [-0.15, -0.1) is 0 Å². The van der Waals surface area contributed by atoms with Crippen molar-refractivity contribution in [3.63, 3.8) is 0 Å². The van der Waals surface area contributed by atoms with Crippen LogP contribution in [0.2, 0.25) is 0 Å². The molecule has 4 nitrogen and oxygen atoms in total. The van der Waals surface area contributed by atoms with Crippen LogP contribution in [0.4, 0.5) is 0 Å². The lowest BCUT2D eigenvalue weighted by molar-refractivity contribution is -0.151. The van der Waals surface area contributed by atoms with Crippen molar-refractivity contribution in [3.8, 4) is 0 Å². The molecule has 2 atom stereocenters. The molecular formula is C27H29NO3. The van der Waals surface area contributed by atoms with Gasteiger partial charge < -0.3 is 4.74 Å². The summed E-state index contributed by atoms with van der Waals surface area (Å²) < 4.78 is 5.43. The molecule has 0 aliphatic heterocycles. The van der Waals surface area contributed by atoms with Gasteiger partial charge in [-0.3, -0.25) is 14.5 Å². The predicted octanol–water partition coefficient (Wildman–Crippen LogP) is 5.14. The Hall–Kier alpha value is -3.24. The van der Waals surface area contributed by atoms with Gasteiger partial charge in [0.1, 0.15) is 6.04 Å². The lowest BCUT2D eigenvalue weighted by Crippen LogP contribution is -2.48. The maximum absolute atomic E-state index is 13.3. The molecule has 0 spiro atoms. The van der Waals surface area contributed by atoms with Crippen molar-refractivity contribution in [1.29, 1.82) is 0 Å². The fourth-order valence-corrected chi connectivity index (χ4v) is 3.79. The Kier molecular flexibility index (Phi) is 8.13. The molecule has 0 radical (unpaired) electrons. The molecule has 3 aromatic carbocycles. The van der Waals surface area contributed by atoms with Crippen molar-refractivity contribution in [3.05, 3.63) is 108 Å². The zero-order valence-corrected chi connectivity index (χ0v) is 18.1. The number of hydrogen-bond acceptors (Lipinski definition) is 4. The smallest absolute Gasteiger partial charge is 0.324 e. The third kappa shape index (κ3) is 6.12. The minimum atomic E-state index is -0.701. The Morgan fingerprint density at radius 2 is 1.23 bits per heavy atom. The summed E-state index contributed by atoms with van der Waals surface area (Å²) in [6.07, 6.45) is 0. The molecule has 0 bridgehead atoms. The topological polar surface area (TPSA) is 46.6 Å². The van der Waals surface area contributed by atoms with Crippen molar-refractivity contribution in [2.24, 2.45) is 5.92 Å². The summed E-state index contributed by atoms with van der Waals surface area (Å²) in [5, 5.41) is 0. The van der Waals surface area contributed by atoms with Crippen LogP contribution in [0.15, 0.2) is 91.0 Å². The maximum atomic E-state index is 13.3. The number of ether oxygens (including phenoxy) is 1. The highest BCUT2D eigenvalue weighted by molar-refractivity contribution is 6.00. The average molecular weight is 416 g/mol. The van der Waals surface area contributed by atoms with Crippen molar-refractivity contribution < 1.29 is 14.3 Å². The molecule has 0 unspecified atom stereocenters. The van der Waals surface area contributed by atoms with Gasteiger partial charge in [0.2, 0.25) is 0 Å². The van der Waals surface area contributed by atoms with E-state index in [-0.39, 0.29) is 18.4 Å². The van der Waals surface area contributed by atoms with Gasteiger partial charge in [0.15, 0.2) is 5.78 Å². The Bertz CT molecular complexity index is 916. The van der Waals surface area contributed by atoms with Gasteiger partial charge in [-0.2, -0.15) is 0 Å². The summed E-state index contributed by atoms with van der Waals surface area (Å²) in [5.74, 6) is -0.996. The van der Waals surface area contributed by atoms with Crippen LogP contribution in [0.5, 0.6) is 0 Å². The second-order valence-corrected chi connectivity index (χ2v) is 7.59. The first kappa shape index (κ1) is 22.4. The van der Waals surface area contributed by atoms with Crippen LogP contribution in [-0.4, -0.2) is 29.3 Å². The van der Waals surface area contributed by atoms with E-state index in [2.05, 4.69) is 0 Å². The van der Waals surface area contributed by atoms with E-state index in [0.717, 1.165) is 11.1 Å². The van der Waals surface area contributed by atoms with Crippen LogP contribution >= 0.6 is 0 Å². The highest BCUT2D eigenvalue weighted by atomic mass is 16.5. The van der Waals surface area contributed by atoms with E-state index in [0.29, 0.717) is 18.7 Å². The number of hydrogen-bond donors (Lipinski definition) is 0. The summed E-state index contributed by atoms with van der Waals surface area (Å²) >= 11 is 0. The summed E-state index contributed by atoms with van der Waals surface area (Å²) in [5.41, 5.74) is 2.75. The molecular weight excluding hydrogens is 386 g/mol. The van der Waals surface area contributed by atoms with Gasteiger partial charge >= 0.3 is 5.97 Å². The second kappa shape index (κ2) is 11.2. The van der Waals surface area contributed by atoms with Gasteiger partial charge in [-0.1, -0.05) is 97.9 Å². The van der Waals surface area contributed by atoms with Crippen LogP contribution in [0, 0.1) is 5.92 Å². The minimum absolute atomic E-state index is 0.0650. The number of carbonyl (C=O) groups excluding carboxylic acids is 2. The number of ketones is 1. The number of nitrogens with zero attached hydrogens (tertiary/aromatic N) is 1.